The topological polar surface area (TPSA) is 0 Å². The molecular weight excluding hydrogens is 293 g/mol. The Balaban J connectivity index is 2.94. The third-order valence-electron chi connectivity index (χ3n) is 1.20. The second-order valence-electron chi connectivity index (χ2n) is 2.02. The first-order chi connectivity index (χ1) is 5.52. The predicted octanol–water partition coefficient (Wildman–Crippen LogP) is 4.76. The molecule has 0 bridgehead atoms. The molecule has 1 aromatic heterocycles. The van der Waals surface area contributed by atoms with E-state index in [0.717, 1.165) is 11.3 Å². The lowest BCUT2D eigenvalue weighted by Gasteiger charge is -2.05. The van der Waals surface area contributed by atoms with Crippen molar-refractivity contribution in [1.82, 2.24) is 0 Å². The van der Waals surface area contributed by atoms with Crippen LogP contribution in [0, 0.1) is 0 Å². The molecule has 0 amide bonds. The standard InChI is InChI=1S/C6H3BrCl2F2S/c7-4(6(10)11)2-1-3(8)12-5(2)9/h1,4,6H. The van der Waals surface area contributed by atoms with Crippen LogP contribution in [0.1, 0.15) is 10.4 Å². The Morgan fingerprint density at radius 3 is 2.33 bits per heavy atom. The Morgan fingerprint density at radius 2 is 2.00 bits per heavy atom. The molecule has 0 fully saturated rings. The first-order valence-electron chi connectivity index (χ1n) is 2.89. The molecule has 0 spiro atoms. The van der Waals surface area contributed by atoms with Crippen molar-refractivity contribution in [3.05, 3.63) is 20.3 Å². The van der Waals surface area contributed by atoms with Gasteiger partial charge in [-0.3, -0.25) is 0 Å². The molecule has 0 aliphatic rings. The lowest BCUT2D eigenvalue weighted by atomic mass is 10.2. The summed E-state index contributed by atoms with van der Waals surface area (Å²) in [6, 6.07) is 1.44. The SMILES string of the molecule is FC(F)C(Br)c1cc(Cl)sc1Cl. The van der Waals surface area contributed by atoms with Gasteiger partial charge in [-0.1, -0.05) is 39.1 Å². The Bertz CT molecular complexity index is 277. The van der Waals surface area contributed by atoms with Gasteiger partial charge in [0.2, 0.25) is 0 Å². The van der Waals surface area contributed by atoms with Crippen LogP contribution in [0.3, 0.4) is 0 Å². The van der Waals surface area contributed by atoms with E-state index < -0.39 is 11.3 Å². The van der Waals surface area contributed by atoms with Crippen molar-refractivity contribution in [1.29, 1.82) is 0 Å². The van der Waals surface area contributed by atoms with Crippen LogP contribution in [0.2, 0.25) is 8.67 Å². The van der Waals surface area contributed by atoms with Crippen LogP contribution in [0.5, 0.6) is 0 Å². The zero-order valence-corrected chi connectivity index (χ0v) is 9.44. The summed E-state index contributed by atoms with van der Waals surface area (Å²) in [5, 5.41) is 0. The highest BCUT2D eigenvalue weighted by molar-refractivity contribution is 9.09. The van der Waals surface area contributed by atoms with E-state index in [1.54, 1.807) is 0 Å². The summed E-state index contributed by atoms with van der Waals surface area (Å²) in [5.41, 5.74) is 0.349. The maximum Gasteiger partial charge on any atom is 0.255 e. The molecule has 0 radical (unpaired) electrons. The van der Waals surface area contributed by atoms with Gasteiger partial charge in [-0.05, 0) is 6.07 Å². The van der Waals surface area contributed by atoms with Crippen LogP contribution in [-0.4, -0.2) is 6.43 Å². The molecule has 1 unspecified atom stereocenters. The van der Waals surface area contributed by atoms with Gasteiger partial charge in [0, 0.05) is 5.56 Å². The van der Waals surface area contributed by atoms with E-state index in [0.29, 0.717) is 14.2 Å². The number of halogens is 5. The van der Waals surface area contributed by atoms with Crippen LogP contribution in [0.4, 0.5) is 8.78 Å². The average molecular weight is 296 g/mol. The fourth-order valence-corrected chi connectivity index (χ4v) is 2.87. The monoisotopic (exact) mass is 294 g/mol. The lowest BCUT2D eigenvalue weighted by Crippen LogP contribution is -1.99. The van der Waals surface area contributed by atoms with Crippen molar-refractivity contribution in [2.24, 2.45) is 0 Å². The summed E-state index contributed by atoms with van der Waals surface area (Å²) in [6.45, 7) is 0. The first kappa shape index (κ1) is 10.7. The summed E-state index contributed by atoms with van der Waals surface area (Å²) in [5.74, 6) is 0. The molecule has 0 aliphatic heterocycles. The molecule has 1 heterocycles. The predicted molar refractivity (Wildman–Crippen MR) is 52.0 cm³/mol. The first-order valence-corrected chi connectivity index (χ1v) is 5.38. The molecule has 1 atom stereocenters. The highest BCUT2D eigenvalue weighted by Gasteiger charge is 2.23. The summed E-state index contributed by atoms with van der Waals surface area (Å²) >= 11 is 15.1. The van der Waals surface area contributed by atoms with E-state index >= 15 is 0 Å². The number of alkyl halides is 3. The molecule has 0 saturated heterocycles. The minimum atomic E-state index is -2.48. The highest BCUT2D eigenvalue weighted by atomic mass is 79.9. The van der Waals surface area contributed by atoms with Crippen molar-refractivity contribution in [3.8, 4) is 0 Å². The van der Waals surface area contributed by atoms with Crippen molar-refractivity contribution in [2.45, 2.75) is 11.3 Å². The van der Waals surface area contributed by atoms with Crippen molar-refractivity contribution in [3.63, 3.8) is 0 Å². The molecule has 68 valence electrons. The Hall–Kier alpha value is 0.620. The average Bonchev–Trinajstić information content (AvgIpc) is 2.28. The molecule has 1 aromatic rings. The smallest absolute Gasteiger partial charge is 0.209 e. The fraction of sp³-hybridized carbons (Fsp3) is 0.333. The Kier molecular flexibility index (Phi) is 3.76. The van der Waals surface area contributed by atoms with Gasteiger partial charge >= 0.3 is 0 Å². The summed E-state index contributed by atoms with van der Waals surface area (Å²) in [4.78, 5) is -1.03. The van der Waals surface area contributed by atoms with Crippen LogP contribution < -0.4 is 0 Å². The maximum absolute atomic E-state index is 12.2. The molecule has 0 saturated carbocycles. The number of hydrogen-bond acceptors (Lipinski definition) is 1. The minimum absolute atomic E-state index is 0.308. The minimum Gasteiger partial charge on any atom is -0.209 e. The second-order valence-corrected chi connectivity index (χ2v) is 5.29. The molecule has 1 rings (SSSR count). The number of rotatable bonds is 2. The largest absolute Gasteiger partial charge is 0.255 e. The molecule has 0 N–H and O–H groups in total. The summed E-state index contributed by atoms with van der Waals surface area (Å²) < 4.78 is 25.0. The van der Waals surface area contributed by atoms with Crippen LogP contribution >= 0.6 is 50.5 Å². The fourth-order valence-electron chi connectivity index (χ4n) is 0.677. The van der Waals surface area contributed by atoms with Gasteiger partial charge in [-0.15, -0.1) is 11.3 Å². The van der Waals surface area contributed by atoms with E-state index in [4.69, 9.17) is 23.2 Å². The number of thiophene rings is 1. The van der Waals surface area contributed by atoms with Gasteiger partial charge in [0.1, 0.15) is 4.83 Å². The molecular formula is C6H3BrCl2F2S. The highest BCUT2D eigenvalue weighted by Crippen LogP contribution is 2.40. The van der Waals surface area contributed by atoms with E-state index in [1.165, 1.54) is 6.07 Å². The third-order valence-corrected chi connectivity index (χ3v) is 3.61. The van der Waals surface area contributed by atoms with E-state index in [9.17, 15) is 8.78 Å². The van der Waals surface area contributed by atoms with Gasteiger partial charge in [0.15, 0.2) is 0 Å². The van der Waals surface area contributed by atoms with Gasteiger partial charge < -0.3 is 0 Å². The van der Waals surface area contributed by atoms with E-state index in [-0.39, 0.29) is 0 Å². The quantitative estimate of drug-likeness (QED) is 0.690. The Morgan fingerprint density at radius 1 is 1.42 bits per heavy atom. The molecule has 0 aliphatic carbocycles. The van der Waals surface area contributed by atoms with Crippen molar-refractivity contribution < 1.29 is 8.78 Å². The second kappa shape index (κ2) is 4.22. The summed E-state index contributed by atoms with van der Waals surface area (Å²) in [7, 11) is 0. The normalized spacial score (nSPS) is 13.8. The van der Waals surface area contributed by atoms with Gasteiger partial charge in [0.05, 0.1) is 8.67 Å². The van der Waals surface area contributed by atoms with Gasteiger partial charge in [0.25, 0.3) is 6.43 Å². The summed E-state index contributed by atoms with van der Waals surface area (Å²) in [6.07, 6.45) is -2.48. The Labute approximate surface area is 90.6 Å². The number of hydrogen-bond donors (Lipinski definition) is 0. The molecule has 12 heavy (non-hydrogen) atoms. The van der Waals surface area contributed by atoms with Crippen LogP contribution in [0.15, 0.2) is 6.07 Å². The molecule has 0 aromatic carbocycles. The van der Waals surface area contributed by atoms with Crippen LogP contribution in [-0.2, 0) is 0 Å². The maximum atomic E-state index is 12.2. The zero-order chi connectivity index (χ0) is 9.30. The lowest BCUT2D eigenvalue weighted by molar-refractivity contribution is 0.148. The van der Waals surface area contributed by atoms with Gasteiger partial charge in [-0.25, -0.2) is 8.78 Å². The molecule has 6 heteroatoms. The van der Waals surface area contributed by atoms with E-state index in [1.807, 2.05) is 0 Å². The van der Waals surface area contributed by atoms with Gasteiger partial charge in [-0.2, -0.15) is 0 Å². The van der Waals surface area contributed by atoms with Crippen LogP contribution in [0.25, 0.3) is 0 Å². The van der Waals surface area contributed by atoms with E-state index in [2.05, 4.69) is 15.9 Å². The zero-order valence-electron chi connectivity index (χ0n) is 5.53. The molecule has 0 nitrogen and oxygen atoms in total. The van der Waals surface area contributed by atoms with Crippen molar-refractivity contribution in [2.75, 3.05) is 0 Å². The van der Waals surface area contributed by atoms with Crippen molar-refractivity contribution >= 4 is 50.5 Å². The third kappa shape index (κ3) is 2.31.